The van der Waals surface area contributed by atoms with Gasteiger partial charge in [0.1, 0.15) is 11.8 Å². The number of hydrogen-bond donors (Lipinski definition) is 0. The maximum atomic E-state index is 13.3. The van der Waals surface area contributed by atoms with Crippen LogP contribution in [0.15, 0.2) is 36.4 Å². The number of carbonyl (C=O) groups is 2. The summed E-state index contributed by atoms with van der Waals surface area (Å²) >= 11 is 0. The van der Waals surface area contributed by atoms with Gasteiger partial charge in [-0.3, -0.25) is 14.3 Å². The molecule has 0 unspecified atom stereocenters. The van der Waals surface area contributed by atoms with Gasteiger partial charge >= 0.3 is 0 Å². The number of amides is 2. The summed E-state index contributed by atoms with van der Waals surface area (Å²) < 4.78 is 8.03. The van der Waals surface area contributed by atoms with E-state index in [2.05, 4.69) is 25.9 Å². The number of ether oxygens (including phenoxy) is 1. The van der Waals surface area contributed by atoms with Gasteiger partial charge in [-0.1, -0.05) is 51.1 Å². The lowest BCUT2D eigenvalue weighted by atomic mass is 9.87. The van der Waals surface area contributed by atoms with Crippen molar-refractivity contribution in [1.82, 2.24) is 19.6 Å². The normalized spacial score (nSPS) is 22.6. The Morgan fingerprint density at radius 1 is 1.14 bits per heavy atom. The summed E-state index contributed by atoms with van der Waals surface area (Å²) in [5, 5.41) is 4.43. The number of benzene rings is 1. The molecule has 2 aromatic rings. The molecule has 1 fully saturated rings. The van der Waals surface area contributed by atoms with Gasteiger partial charge in [0.25, 0.3) is 11.8 Å². The van der Waals surface area contributed by atoms with Crippen LogP contribution in [-0.2, 0) is 11.3 Å². The maximum absolute atomic E-state index is 13.3. The monoisotopic (exact) mass is 396 g/mol. The first-order valence-corrected chi connectivity index (χ1v) is 10.1. The van der Waals surface area contributed by atoms with Crippen molar-refractivity contribution in [2.75, 3.05) is 26.7 Å². The van der Waals surface area contributed by atoms with Gasteiger partial charge < -0.3 is 14.5 Å². The van der Waals surface area contributed by atoms with Gasteiger partial charge in [0.2, 0.25) is 0 Å². The van der Waals surface area contributed by atoms with Crippen molar-refractivity contribution in [3.8, 4) is 0 Å². The van der Waals surface area contributed by atoms with E-state index in [1.807, 2.05) is 35.2 Å². The molecule has 1 aromatic carbocycles. The zero-order chi connectivity index (χ0) is 20.8. The van der Waals surface area contributed by atoms with E-state index in [4.69, 9.17) is 4.74 Å². The molecular formula is C22H28N4O3. The van der Waals surface area contributed by atoms with E-state index in [1.54, 1.807) is 22.7 Å². The second-order valence-corrected chi connectivity index (χ2v) is 8.96. The molecule has 0 radical (unpaired) electrons. The van der Waals surface area contributed by atoms with E-state index < -0.39 is 0 Å². The molecule has 29 heavy (non-hydrogen) atoms. The number of morpholine rings is 1. The standard InChI is InChI=1S/C22H28N4O3/c1-22(2,3)19-14-25(13-18(29-19)15-8-6-5-7-9-15)20(27)16-12-17-21(28)24(4)10-11-26(17)23-16/h5-9,12,18-19H,10-11,13-14H2,1-4H3/t18-,19+/m0/s1. The summed E-state index contributed by atoms with van der Waals surface area (Å²) in [6, 6.07) is 11.6. The van der Waals surface area contributed by atoms with Gasteiger partial charge in [-0.05, 0) is 11.0 Å². The maximum Gasteiger partial charge on any atom is 0.274 e. The topological polar surface area (TPSA) is 67.7 Å². The second kappa shape index (κ2) is 7.30. The highest BCUT2D eigenvalue weighted by atomic mass is 16.5. The molecule has 0 saturated carbocycles. The minimum Gasteiger partial charge on any atom is -0.366 e. The number of rotatable bonds is 2. The lowest BCUT2D eigenvalue weighted by Crippen LogP contribution is -2.51. The average Bonchev–Trinajstić information content (AvgIpc) is 3.15. The van der Waals surface area contributed by atoms with Gasteiger partial charge in [-0.25, -0.2) is 0 Å². The van der Waals surface area contributed by atoms with Crippen LogP contribution in [0.25, 0.3) is 0 Å². The first-order valence-electron chi connectivity index (χ1n) is 10.1. The summed E-state index contributed by atoms with van der Waals surface area (Å²) in [5.41, 5.74) is 1.74. The largest absolute Gasteiger partial charge is 0.366 e. The Morgan fingerprint density at radius 3 is 2.55 bits per heavy atom. The Labute approximate surface area is 171 Å². The summed E-state index contributed by atoms with van der Waals surface area (Å²) in [7, 11) is 1.76. The fraction of sp³-hybridized carbons (Fsp3) is 0.500. The van der Waals surface area contributed by atoms with Crippen LogP contribution in [0.2, 0.25) is 0 Å². The number of carbonyl (C=O) groups excluding carboxylic acids is 2. The van der Waals surface area contributed by atoms with Gasteiger partial charge in [0.15, 0.2) is 5.69 Å². The molecule has 0 bridgehead atoms. The Hall–Kier alpha value is -2.67. The summed E-state index contributed by atoms with van der Waals surface area (Å²) in [6.45, 7) is 8.53. The van der Waals surface area contributed by atoms with Crippen LogP contribution in [-0.4, -0.2) is 64.2 Å². The molecule has 4 rings (SSSR count). The number of likely N-dealkylation sites (N-methyl/N-ethyl adjacent to an activating group) is 1. The lowest BCUT2D eigenvalue weighted by molar-refractivity contribution is -0.119. The van der Waals surface area contributed by atoms with Crippen LogP contribution in [0, 0.1) is 5.41 Å². The second-order valence-electron chi connectivity index (χ2n) is 8.96. The first-order chi connectivity index (χ1) is 13.7. The molecule has 7 heteroatoms. The summed E-state index contributed by atoms with van der Waals surface area (Å²) in [5.74, 6) is -0.250. The van der Waals surface area contributed by atoms with Crippen molar-refractivity contribution in [2.45, 2.75) is 39.5 Å². The smallest absolute Gasteiger partial charge is 0.274 e. The molecule has 0 aliphatic carbocycles. The molecule has 2 aliphatic heterocycles. The van der Waals surface area contributed by atoms with Crippen molar-refractivity contribution < 1.29 is 14.3 Å². The number of nitrogens with zero attached hydrogens (tertiary/aromatic N) is 4. The van der Waals surface area contributed by atoms with Gasteiger partial charge in [0.05, 0.1) is 19.2 Å². The predicted octanol–water partition coefficient (Wildman–Crippen LogP) is 2.60. The zero-order valence-electron chi connectivity index (χ0n) is 17.5. The van der Waals surface area contributed by atoms with Crippen LogP contribution in [0.1, 0.15) is 53.4 Å². The van der Waals surface area contributed by atoms with Crippen molar-refractivity contribution >= 4 is 11.8 Å². The van der Waals surface area contributed by atoms with Crippen LogP contribution < -0.4 is 0 Å². The first kappa shape index (κ1) is 19.6. The van der Waals surface area contributed by atoms with E-state index in [-0.39, 0.29) is 29.4 Å². The van der Waals surface area contributed by atoms with E-state index in [0.29, 0.717) is 37.6 Å². The number of hydrogen-bond acceptors (Lipinski definition) is 4. The summed E-state index contributed by atoms with van der Waals surface area (Å²) in [4.78, 5) is 29.2. The van der Waals surface area contributed by atoms with E-state index in [9.17, 15) is 9.59 Å². The third-order valence-electron chi connectivity index (χ3n) is 5.74. The third kappa shape index (κ3) is 3.79. The van der Waals surface area contributed by atoms with Crippen LogP contribution in [0.4, 0.5) is 0 Å². The number of aromatic nitrogens is 2. The Morgan fingerprint density at radius 2 is 1.86 bits per heavy atom. The van der Waals surface area contributed by atoms with Crippen molar-refractivity contribution in [2.24, 2.45) is 5.41 Å². The zero-order valence-corrected chi connectivity index (χ0v) is 17.5. The Bertz CT molecular complexity index is 916. The molecule has 3 heterocycles. The summed E-state index contributed by atoms with van der Waals surface area (Å²) in [6.07, 6.45) is -0.293. The fourth-order valence-electron chi connectivity index (χ4n) is 3.82. The third-order valence-corrected chi connectivity index (χ3v) is 5.74. The van der Waals surface area contributed by atoms with E-state index >= 15 is 0 Å². The highest BCUT2D eigenvalue weighted by Gasteiger charge is 2.38. The predicted molar refractivity (Wildman–Crippen MR) is 109 cm³/mol. The SMILES string of the molecule is CN1CCn2nc(C(=O)N3C[C@@H](c4ccccc4)O[C@@H](C(C)(C)C)C3)cc2C1=O. The van der Waals surface area contributed by atoms with E-state index in [1.165, 1.54) is 0 Å². The van der Waals surface area contributed by atoms with Crippen molar-refractivity contribution in [3.63, 3.8) is 0 Å². The van der Waals surface area contributed by atoms with Crippen LogP contribution >= 0.6 is 0 Å². The van der Waals surface area contributed by atoms with Crippen LogP contribution in [0.3, 0.4) is 0 Å². The van der Waals surface area contributed by atoms with Crippen molar-refractivity contribution in [1.29, 1.82) is 0 Å². The molecular weight excluding hydrogens is 368 g/mol. The highest BCUT2D eigenvalue weighted by molar-refractivity contribution is 5.98. The minimum absolute atomic E-state index is 0.0977. The molecule has 0 spiro atoms. The molecule has 154 valence electrons. The lowest BCUT2D eigenvalue weighted by Gasteiger charge is -2.43. The molecule has 1 aromatic heterocycles. The quantitative estimate of drug-likeness (QED) is 0.783. The Kier molecular flexibility index (Phi) is 4.94. The van der Waals surface area contributed by atoms with Gasteiger partial charge in [0, 0.05) is 26.2 Å². The molecule has 2 amide bonds. The molecule has 2 atom stereocenters. The molecule has 7 nitrogen and oxygen atoms in total. The van der Waals surface area contributed by atoms with Crippen molar-refractivity contribution in [3.05, 3.63) is 53.3 Å². The van der Waals surface area contributed by atoms with Gasteiger partial charge in [-0.15, -0.1) is 0 Å². The highest BCUT2D eigenvalue weighted by Crippen LogP contribution is 2.34. The average molecular weight is 396 g/mol. The molecule has 1 saturated heterocycles. The number of fused-ring (bicyclic) bond motifs is 1. The van der Waals surface area contributed by atoms with E-state index in [0.717, 1.165) is 5.56 Å². The fourth-order valence-corrected chi connectivity index (χ4v) is 3.82. The minimum atomic E-state index is -0.192. The Balaban J connectivity index is 1.61. The molecule has 2 aliphatic rings. The van der Waals surface area contributed by atoms with Gasteiger partial charge in [-0.2, -0.15) is 5.10 Å². The van der Waals surface area contributed by atoms with Crippen LogP contribution in [0.5, 0.6) is 0 Å². The molecule has 0 N–H and O–H groups in total.